The highest BCUT2D eigenvalue weighted by Gasteiger charge is 2.22. The number of carbonyl (C=O) groups excluding carboxylic acids is 1. The van der Waals surface area contributed by atoms with E-state index in [4.69, 9.17) is 20.9 Å². The lowest BCUT2D eigenvalue weighted by Gasteiger charge is -2.11. The Bertz CT molecular complexity index is 879. The minimum Gasteiger partial charge on any atom is -0.489 e. The maximum absolute atomic E-state index is 11.5. The van der Waals surface area contributed by atoms with Crippen LogP contribution in [0, 0.1) is 0 Å². The summed E-state index contributed by atoms with van der Waals surface area (Å²) in [6.07, 6.45) is 1.56. The first-order chi connectivity index (χ1) is 13.2. The average molecular weight is 427 g/mol. The molecule has 1 fully saturated rings. The summed E-state index contributed by atoms with van der Waals surface area (Å²) in [5.74, 6) is 0.902. The number of benzene rings is 2. The minimum absolute atomic E-state index is 0.0752. The molecule has 9 heteroatoms. The Morgan fingerprint density at radius 3 is 2.46 bits per heavy atom. The van der Waals surface area contributed by atoms with E-state index in [9.17, 15) is 13.2 Å². The highest BCUT2D eigenvalue weighted by atomic mass is 35.5. The van der Waals surface area contributed by atoms with Crippen LogP contribution in [0.4, 0.5) is 0 Å². The van der Waals surface area contributed by atoms with Crippen molar-refractivity contribution >= 4 is 27.6 Å². The fourth-order valence-corrected chi connectivity index (χ4v) is 2.74. The molecule has 3 rings (SSSR count). The van der Waals surface area contributed by atoms with Crippen LogP contribution in [0.15, 0.2) is 48.5 Å². The number of carbonyl (C=O) groups is 1. The Kier molecular flexibility index (Phi) is 8.25. The van der Waals surface area contributed by atoms with Gasteiger partial charge in [-0.15, -0.1) is 0 Å². The average Bonchev–Trinajstić information content (AvgIpc) is 3.03. The van der Waals surface area contributed by atoms with E-state index in [1.165, 1.54) is 0 Å². The molecule has 0 aromatic heterocycles. The highest BCUT2D eigenvalue weighted by molar-refractivity contribution is 7.85. The predicted molar refractivity (Wildman–Crippen MR) is 108 cm³/mol. The van der Waals surface area contributed by atoms with Crippen molar-refractivity contribution in [1.82, 2.24) is 10.6 Å². The zero-order chi connectivity index (χ0) is 20.6. The molecule has 0 unspecified atom stereocenters. The molecule has 3 N–H and O–H groups in total. The third-order valence-corrected chi connectivity index (χ3v) is 4.05. The van der Waals surface area contributed by atoms with Crippen molar-refractivity contribution in [2.75, 3.05) is 12.8 Å². The van der Waals surface area contributed by atoms with Crippen LogP contribution in [-0.4, -0.2) is 37.7 Å². The number of ether oxygens (including phenoxy) is 1. The molecule has 0 radical (unpaired) electrons. The standard InChI is InChI=1S/C18H19ClN2O2.CH4O3S/c19-15-3-1-2-14(10-15)12-23-16-6-4-13(5-7-16)11-21-17-8-9-20-18(17)22;1-5(2,3)4/h1-7,10,17,21H,8-9,11-12H2,(H,20,22);1H3,(H,2,3,4)/t17-;/m0./s1. The van der Waals surface area contributed by atoms with Crippen molar-refractivity contribution in [3.63, 3.8) is 0 Å². The van der Waals surface area contributed by atoms with Gasteiger partial charge in [-0.05, 0) is 41.8 Å². The van der Waals surface area contributed by atoms with Crippen LogP contribution in [0.2, 0.25) is 5.02 Å². The quantitative estimate of drug-likeness (QED) is 0.612. The Balaban J connectivity index is 0.000000500. The maximum Gasteiger partial charge on any atom is 0.261 e. The lowest BCUT2D eigenvalue weighted by atomic mass is 10.2. The second-order valence-electron chi connectivity index (χ2n) is 6.31. The Morgan fingerprint density at radius 1 is 1.21 bits per heavy atom. The van der Waals surface area contributed by atoms with Crippen LogP contribution >= 0.6 is 11.6 Å². The number of rotatable bonds is 6. The first kappa shape index (κ1) is 22.2. The second kappa shape index (κ2) is 10.4. The van der Waals surface area contributed by atoms with E-state index in [2.05, 4.69) is 10.6 Å². The topological polar surface area (TPSA) is 105 Å². The molecule has 2 aromatic carbocycles. The van der Waals surface area contributed by atoms with Gasteiger partial charge >= 0.3 is 0 Å². The molecule has 152 valence electrons. The Morgan fingerprint density at radius 2 is 1.89 bits per heavy atom. The lowest BCUT2D eigenvalue weighted by Crippen LogP contribution is -2.35. The van der Waals surface area contributed by atoms with Crippen LogP contribution in [0.3, 0.4) is 0 Å². The largest absolute Gasteiger partial charge is 0.489 e. The normalized spacial score (nSPS) is 16.1. The number of amides is 1. The highest BCUT2D eigenvalue weighted by Crippen LogP contribution is 2.16. The van der Waals surface area contributed by atoms with Crippen molar-refractivity contribution in [2.45, 2.75) is 25.6 Å². The number of hydrogen-bond donors (Lipinski definition) is 3. The van der Waals surface area contributed by atoms with Crippen molar-refractivity contribution in [3.8, 4) is 5.75 Å². The zero-order valence-corrected chi connectivity index (χ0v) is 17.0. The summed E-state index contributed by atoms with van der Waals surface area (Å²) in [6, 6.07) is 15.5. The molecule has 28 heavy (non-hydrogen) atoms. The molecule has 1 saturated heterocycles. The van der Waals surface area contributed by atoms with Gasteiger partial charge in [0.2, 0.25) is 5.91 Å². The predicted octanol–water partition coefficient (Wildman–Crippen LogP) is 2.40. The van der Waals surface area contributed by atoms with Gasteiger partial charge in [-0.3, -0.25) is 9.35 Å². The summed E-state index contributed by atoms with van der Waals surface area (Å²) in [6.45, 7) is 1.92. The minimum atomic E-state index is -3.67. The number of halogens is 1. The van der Waals surface area contributed by atoms with Crippen LogP contribution in [0.25, 0.3) is 0 Å². The molecular weight excluding hydrogens is 404 g/mol. The molecule has 1 atom stereocenters. The van der Waals surface area contributed by atoms with Crippen molar-refractivity contribution in [3.05, 3.63) is 64.7 Å². The monoisotopic (exact) mass is 426 g/mol. The fraction of sp³-hybridized carbons (Fsp3) is 0.316. The van der Waals surface area contributed by atoms with Gasteiger partial charge in [-0.2, -0.15) is 8.42 Å². The molecule has 0 aliphatic carbocycles. The van der Waals surface area contributed by atoms with Crippen molar-refractivity contribution < 1.29 is 22.5 Å². The van der Waals surface area contributed by atoms with Gasteiger partial charge in [0, 0.05) is 18.1 Å². The Hall–Kier alpha value is -2.13. The molecule has 1 amide bonds. The van der Waals surface area contributed by atoms with E-state index >= 15 is 0 Å². The summed E-state index contributed by atoms with van der Waals surface area (Å²) < 4.78 is 31.6. The van der Waals surface area contributed by atoms with Gasteiger partial charge in [-0.25, -0.2) is 0 Å². The molecule has 0 bridgehead atoms. The first-order valence-electron chi connectivity index (χ1n) is 8.60. The van der Waals surface area contributed by atoms with Gasteiger partial charge in [0.15, 0.2) is 0 Å². The van der Waals surface area contributed by atoms with E-state index in [0.29, 0.717) is 24.4 Å². The molecule has 1 heterocycles. The summed E-state index contributed by atoms with van der Waals surface area (Å²) >= 11 is 5.96. The van der Waals surface area contributed by atoms with Gasteiger partial charge in [-0.1, -0.05) is 35.9 Å². The third kappa shape index (κ3) is 8.71. The van der Waals surface area contributed by atoms with Crippen LogP contribution in [0.5, 0.6) is 5.75 Å². The lowest BCUT2D eigenvalue weighted by molar-refractivity contribution is -0.120. The van der Waals surface area contributed by atoms with Gasteiger partial charge < -0.3 is 15.4 Å². The maximum atomic E-state index is 11.5. The van der Waals surface area contributed by atoms with Crippen LogP contribution in [-0.2, 0) is 28.1 Å². The molecular formula is C19H23ClN2O5S. The smallest absolute Gasteiger partial charge is 0.261 e. The van der Waals surface area contributed by atoms with Gasteiger partial charge in [0.1, 0.15) is 12.4 Å². The summed E-state index contributed by atoms with van der Waals surface area (Å²) in [4.78, 5) is 11.5. The van der Waals surface area contributed by atoms with E-state index in [1.807, 2.05) is 48.5 Å². The molecule has 2 aromatic rings. The van der Waals surface area contributed by atoms with Crippen molar-refractivity contribution in [2.24, 2.45) is 0 Å². The molecule has 1 aliphatic heterocycles. The molecule has 7 nitrogen and oxygen atoms in total. The van der Waals surface area contributed by atoms with E-state index < -0.39 is 10.1 Å². The van der Waals surface area contributed by atoms with Crippen LogP contribution in [0.1, 0.15) is 17.5 Å². The summed E-state index contributed by atoms with van der Waals surface area (Å²) in [7, 11) is -3.67. The van der Waals surface area contributed by atoms with E-state index in [1.54, 1.807) is 0 Å². The number of hydrogen-bond acceptors (Lipinski definition) is 5. The molecule has 0 spiro atoms. The third-order valence-electron chi connectivity index (χ3n) is 3.82. The molecule has 0 saturated carbocycles. The van der Waals surface area contributed by atoms with E-state index in [0.717, 1.165) is 29.8 Å². The van der Waals surface area contributed by atoms with Crippen LogP contribution < -0.4 is 15.4 Å². The SMILES string of the molecule is CS(=O)(=O)O.O=C1NCC[C@@H]1NCc1ccc(OCc2cccc(Cl)c2)cc1. The van der Waals surface area contributed by atoms with Crippen molar-refractivity contribution in [1.29, 1.82) is 0 Å². The zero-order valence-electron chi connectivity index (χ0n) is 15.4. The number of nitrogens with one attached hydrogen (secondary N) is 2. The summed E-state index contributed by atoms with van der Waals surface area (Å²) in [5, 5.41) is 6.80. The summed E-state index contributed by atoms with van der Waals surface area (Å²) in [5.41, 5.74) is 2.16. The van der Waals surface area contributed by atoms with Gasteiger partial charge in [0.05, 0.1) is 12.3 Å². The Labute approximate surface area is 169 Å². The fourth-order valence-electron chi connectivity index (χ4n) is 2.53. The van der Waals surface area contributed by atoms with E-state index in [-0.39, 0.29) is 11.9 Å². The first-order valence-corrected chi connectivity index (χ1v) is 10.8. The second-order valence-corrected chi connectivity index (χ2v) is 8.21. The van der Waals surface area contributed by atoms with Gasteiger partial charge in [0.25, 0.3) is 10.1 Å². The molecule has 1 aliphatic rings.